The molecule has 0 saturated carbocycles. The van der Waals surface area contributed by atoms with Gasteiger partial charge in [-0.2, -0.15) is 0 Å². The lowest BCUT2D eigenvalue weighted by Gasteiger charge is -2.25. The summed E-state index contributed by atoms with van der Waals surface area (Å²) >= 11 is 0. The van der Waals surface area contributed by atoms with Crippen molar-refractivity contribution >= 4 is 49.6 Å². The standard InChI is InChI=1S/2C11H24O4Si.C9H20O5Si.C9H20O4Si.C9H20O3Si.CH2O/c2*1-4-14-16(3,15-5-2)8-6-7-12-9-11-10-13-11;1-11-15(8-10,12-2)5-3-4-13-6-9-7-14-9;1-10-14(3,11-2)6-4-5-12-7-9-8-13-9;1-10-13(3,11-2)7-5-4-6-9-8-12-9;1-2/h2*11H,4-10H2,1-3H3;9-10H,3-8H2,1-2H3;9H,4-8H2,1-3H3;9H,4-8H2,1-3H3;1H2. The molecule has 5 aliphatic heterocycles. The van der Waals surface area contributed by atoms with Gasteiger partial charge in [-0.25, -0.2) is 0 Å². The summed E-state index contributed by atoms with van der Waals surface area (Å²) in [5, 5.41) is 9.18. The van der Waals surface area contributed by atoms with Crippen molar-refractivity contribution in [2.75, 3.05) is 161 Å². The Morgan fingerprint density at radius 2 is 0.658 bits per heavy atom. The van der Waals surface area contributed by atoms with Gasteiger partial charge in [0, 0.05) is 95.5 Å². The third-order valence-electron chi connectivity index (χ3n) is 12.7. The zero-order chi connectivity index (χ0) is 57.0. The van der Waals surface area contributed by atoms with Gasteiger partial charge < -0.3 is 96.8 Å². The van der Waals surface area contributed by atoms with Crippen molar-refractivity contribution in [2.24, 2.45) is 0 Å². The van der Waals surface area contributed by atoms with E-state index in [1.165, 1.54) is 19.3 Å². The van der Waals surface area contributed by atoms with Crippen LogP contribution in [0.25, 0.3) is 0 Å². The molecule has 0 spiro atoms. The molecule has 1 N–H and O–H groups in total. The van der Waals surface area contributed by atoms with Gasteiger partial charge in [0.2, 0.25) is 0 Å². The maximum Gasteiger partial charge on any atom is 0.364 e. The van der Waals surface area contributed by atoms with Crippen LogP contribution >= 0.6 is 0 Å². The predicted molar refractivity (Wildman–Crippen MR) is 303 cm³/mol. The van der Waals surface area contributed by atoms with E-state index in [9.17, 15) is 5.11 Å². The summed E-state index contributed by atoms with van der Waals surface area (Å²) in [4.78, 5) is 8.00. The van der Waals surface area contributed by atoms with Crippen LogP contribution in [0.2, 0.25) is 56.4 Å². The minimum Gasteiger partial charge on any atom is -0.398 e. The van der Waals surface area contributed by atoms with Crippen molar-refractivity contribution in [1.29, 1.82) is 0 Å². The average Bonchev–Trinajstić information content (AvgIpc) is 4.20. The third-order valence-corrected chi connectivity index (χ3v) is 27.9. The Labute approximate surface area is 465 Å². The molecular formula is C50H110O21Si5. The van der Waals surface area contributed by atoms with E-state index in [2.05, 4.69) is 26.2 Å². The van der Waals surface area contributed by atoms with Crippen molar-refractivity contribution in [1.82, 2.24) is 0 Å². The summed E-state index contributed by atoms with van der Waals surface area (Å²) in [7, 11) is 0.270. The minimum absolute atomic E-state index is 0.00820. The first kappa shape index (κ1) is 76.0. The maximum absolute atomic E-state index is 9.18. The number of ether oxygens (including phenoxy) is 9. The van der Waals surface area contributed by atoms with Crippen LogP contribution in [-0.4, -0.2) is 246 Å². The predicted octanol–water partition coefficient (Wildman–Crippen LogP) is 6.82. The second kappa shape index (κ2) is 46.4. The average molecular weight is 1190 g/mol. The van der Waals surface area contributed by atoms with E-state index in [0.29, 0.717) is 43.7 Å². The summed E-state index contributed by atoms with van der Waals surface area (Å²) in [6.07, 6.45) is 9.47. The second-order valence-electron chi connectivity index (χ2n) is 19.3. The van der Waals surface area contributed by atoms with Crippen LogP contribution in [0.4, 0.5) is 0 Å². The monoisotopic (exact) mass is 1190 g/mol. The summed E-state index contributed by atoms with van der Waals surface area (Å²) < 4.78 is 102. The lowest BCUT2D eigenvalue weighted by atomic mass is 10.2. The summed E-state index contributed by atoms with van der Waals surface area (Å²) in [6.45, 7) is 31.7. The number of epoxide rings is 5. The van der Waals surface area contributed by atoms with Gasteiger partial charge >= 0.3 is 42.8 Å². The van der Waals surface area contributed by atoms with Gasteiger partial charge in [0.1, 0.15) is 31.2 Å². The van der Waals surface area contributed by atoms with Crippen molar-refractivity contribution in [3.63, 3.8) is 0 Å². The molecule has 5 saturated heterocycles. The van der Waals surface area contributed by atoms with Crippen molar-refractivity contribution < 1.29 is 96.8 Å². The number of hydrogen-bond acceptors (Lipinski definition) is 21. The molecule has 26 heteroatoms. The summed E-state index contributed by atoms with van der Waals surface area (Å²) in [5.41, 5.74) is 0. The molecule has 0 radical (unpaired) electrons. The van der Waals surface area contributed by atoms with Crippen LogP contribution < -0.4 is 0 Å². The molecule has 76 heavy (non-hydrogen) atoms. The largest absolute Gasteiger partial charge is 0.398 e. The SMILES string of the molecule is C=O.CCO[Si](C)(CCCOCC1CO1)OCC.CCO[Si](C)(CCCOCC1CO1)OCC.CO[Si](C)(CCCCC1CO1)OC.CO[Si](C)(CCCOCC1CO1)OC.CO[Si](CO)(CCCOCC1CO1)OC. The zero-order valence-corrected chi connectivity index (χ0v) is 54.9. The lowest BCUT2D eigenvalue weighted by Crippen LogP contribution is -2.44. The number of rotatable bonds is 44. The molecule has 5 fully saturated rings. The highest BCUT2D eigenvalue weighted by Crippen LogP contribution is 2.22. The van der Waals surface area contributed by atoms with Crippen LogP contribution in [0.5, 0.6) is 0 Å². The summed E-state index contributed by atoms with van der Waals surface area (Å²) in [6, 6.07) is 4.82. The van der Waals surface area contributed by atoms with Crippen LogP contribution in [-0.2, 0) is 91.7 Å². The van der Waals surface area contributed by atoms with Gasteiger partial charge in [-0.15, -0.1) is 0 Å². The molecule has 5 aliphatic rings. The highest BCUT2D eigenvalue weighted by Gasteiger charge is 2.35. The van der Waals surface area contributed by atoms with E-state index in [-0.39, 0.29) is 6.23 Å². The van der Waals surface area contributed by atoms with Gasteiger partial charge in [0.25, 0.3) is 0 Å². The highest BCUT2D eigenvalue weighted by atomic mass is 28.4. The molecule has 0 bridgehead atoms. The first-order valence-electron chi connectivity index (χ1n) is 27.7. The van der Waals surface area contributed by atoms with Gasteiger partial charge in [-0.05, 0) is 116 Å². The van der Waals surface area contributed by atoms with E-state index in [4.69, 9.17) is 91.7 Å². The van der Waals surface area contributed by atoms with Crippen molar-refractivity contribution in [2.45, 2.75) is 160 Å². The van der Waals surface area contributed by atoms with E-state index in [1.54, 1.807) is 42.7 Å². The first-order valence-corrected chi connectivity index (χ1v) is 40.0. The normalized spacial score (nSPS) is 20.2. The Morgan fingerprint density at radius 3 is 0.895 bits per heavy atom. The Hall–Kier alpha value is -0.0456. The molecule has 5 atom stereocenters. The number of aliphatic hydroxyl groups excluding tert-OH is 1. The fourth-order valence-corrected chi connectivity index (χ4v) is 16.4. The minimum atomic E-state index is -2.33. The number of carbonyl (C=O) groups excluding carboxylic acids is 1. The Balaban J connectivity index is 0.000000919. The molecule has 0 aliphatic carbocycles. The van der Waals surface area contributed by atoms with Crippen LogP contribution in [0.3, 0.4) is 0 Å². The van der Waals surface area contributed by atoms with Crippen LogP contribution in [0, 0.1) is 0 Å². The molecule has 456 valence electrons. The summed E-state index contributed by atoms with van der Waals surface area (Å²) in [5.74, 6) is 0. The molecule has 5 rings (SSSR count). The van der Waals surface area contributed by atoms with E-state index < -0.39 is 42.8 Å². The highest BCUT2D eigenvalue weighted by molar-refractivity contribution is 6.67. The maximum atomic E-state index is 9.18. The molecule has 0 aromatic heterocycles. The second-order valence-corrected chi connectivity index (χ2v) is 36.6. The third kappa shape index (κ3) is 42.8. The van der Waals surface area contributed by atoms with Gasteiger partial charge in [0.15, 0.2) is 0 Å². The van der Waals surface area contributed by atoms with E-state index in [0.717, 1.165) is 155 Å². The molecule has 5 heterocycles. The first-order chi connectivity index (χ1) is 36.6. The molecule has 5 unspecified atom stereocenters. The van der Waals surface area contributed by atoms with Crippen LogP contribution in [0.15, 0.2) is 0 Å². The topological polar surface area (TPSA) is 229 Å². The Kier molecular flexibility index (Phi) is 46.4. The van der Waals surface area contributed by atoms with Crippen molar-refractivity contribution in [3.8, 4) is 0 Å². The molecular weight excluding hydrogens is 1080 g/mol. The van der Waals surface area contributed by atoms with Crippen molar-refractivity contribution in [3.05, 3.63) is 0 Å². The quantitative estimate of drug-likeness (QED) is 0.0375. The Morgan fingerprint density at radius 1 is 0.395 bits per heavy atom. The molecule has 0 aromatic rings. The number of unbranched alkanes of at least 4 members (excludes halogenated alkanes) is 1. The van der Waals surface area contributed by atoms with Gasteiger partial charge in [-0.1, -0.05) is 12.8 Å². The molecule has 0 aromatic carbocycles. The zero-order valence-electron chi connectivity index (χ0n) is 49.9. The van der Waals surface area contributed by atoms with E-state index in [1.807, 2.05) is 34.5 Å². The molecule has 0 amide bonds. The van der Waals surface area contributed by atoms with Crippen LogP contribution in [0.1, 0.15) is 72.6 Å². The van der Waals surface area contributed by atoms with E-state index >= 15 is 0 Å². The fourth-order valence-electron chi connectivity index (χ4n) is 7.16. The number of aliphatic hydroxyl groups is 1. The Bertz CT molecular complexity index is 1230. The smallest absolute Gasteiger partial charge is 0.364 e. The van der Waals surface area contributed by atoms with Gasteiger partial charge in [-0.3, -0.25) is 0 Å². The number of hydrogen-bond donors (Lipinski definition) is 1. The van der Waals surface area contributed by atoms with Gasteiger partial charge in [0.05, 0.1) is 71.8 Å². The molecule has 21 nitrogen and oxygen atoms in total. The number of carbonyl (C=O) groups is 1. The lowest BCUT2D eigenvalue weighted by molar-refractivity contribution is -0.0980. The fraction of sp³-hybridized carbons (Fsp3) is 0.980.